The van der Waals surface area contributed by atoms with Crippen LogP contribution in [0.2, 0.25) is 0 Å². The summed E-state index contributed by atoms with van der Waals surface area (Å²) in [6, 6.07) is 22.2. The van der Waals surface area contributed by atoms with Crippen LogP contribution in [0.5, 0.6) is 11.5 Å². The lowest BCUT2D eigenvalue weighted by Gasteiger charge is -2.07. The van der Waals surface area contributed by atoms with Gasteiger partial charge in [0.2, 0.25) is 0 Å². The number of phenols is 2. The molecule has 31 heavy (non-hydrogen) atoms. The summed E-state index contributed by atoms with van der Waals surface area (Å²) in [4.78, 5) is 13.0. The highest BCUT2D eigenvalue weighted by Crippen LogP contribution is 2.25. The molecule has 3 N–H and O–H groups in total. The summed E-state index contributed by atoms with van der Waals surface area (Å²) in [6.45, 7) is 2.40. The molecule has 1 heterocycles. The largest absolute Gasteiger partial charge is 0.504 e. The van der Waals surface area contributed by atoms with E-state index in [1.807, 2.05) is 61.5 Å². The van der Waals surface area contributed by atoms with E-state index in [-0.39, 0.29) is 17.4 Å². The van der Waals surface area contributed by atoms with Crippen LogP contribution in [-0.2, 0) is 6.42 Å². The molecule has 6 heteroatoms. The molecule has 0 aliphatic rings. The van der Waals surface area contributed by atoms with Crippen LogP contribution in [0.25, 0.3) is 16.9 Å². The van der Waals surface area contributed by atoms with Crippen molar-refractivity contribution in [2.45, 2.75) is 13.3 Å². The minimum absolute atomic E-state index is 0.163. The maximum Gasteiger partial charge on any atom is 0.255 e. The zero-order valence-electron chi connectivity index (χ0n) is 17.1. The standard InChI is InChI=1S/C25H23N3O3/c1-17-7-10-20(11-8-17)28-16-21(24(27-28)19-5-3-2-4-6-19)25(31)26-14-13-18-9-12-22(29)23(30)15-18/h2-12,15-16,29-30H,13-14H2,1H3,(H,26,31). The van der Waals surface area contributed by atoms with Crippen molar-refractivity contribution in [2.24, 2.45) is 0 Å². The fraction of sp³-hybridized carbons (Fsp3) is 0.120. The van der Waals surface area contributed by atoms with Crippen LogP contribution >= 0.6 is 0 Å². The smallest absolute Gasteiger partial charge is 0.255 e. The van der Waals surface area contributed by atoms with Crippen molar-refractivity contribution < 1.29 is 15.0 Å². The van der Waals surface area contributed by atoms with Crippen molar-refractivity contribution in [1.82, 2.24) is 15.1 Å². The Bertz CT molecular complexity index is 1200. The van der Waals surface area contributed by atoms with Gasteiger partial charge in [0.25, 0.3) is 5.91 Å². The number of carbonyl (C=O) groups excluding carboxylic acids is 1. The highest BCUT2D eigenvalue weighted by molar-refractivity contribution is 5.99. The Hall–Kier alpha value is -4.06. The van der Waals surface area contributed by atoms with E-state index < -0.39 is 0 Å². The van der Waals surface area contributed by atoms with Gasteiger partial charge < -0.3 is 15.5 Å². The van der Waals surface area contributed by atoms with Crippen LogP contribution in [0.3, 0.4) is 0 Å². The third-order valence-corrected chi connectivity index (χ3v) is 5.04. The molecule has 0 aliphatic carbocycles. The number of rotatable bonds is 6. The van der Waals surface area contributed by atoms with Gasteiger partial charge in [-0.3, -0.25) is 4.79 Å². The first-order chi connectivity index (χ1) is 15.0. The summed E-state index contributed by atoms with van der Waals surface area (Å²) in [5, 5.41) is 26.7. The monoisotopic (exact) mass is 413 g/mol. The van der Waals surface area contributed by atoms with Gasteiger partial charge in [-0.25, -0.2) is 4.68 Å². The molecule has 3 aromatic carbocycles. The predicted molar refractivity (Wildman–Crippen MR) is 120 cm³/mol. The molecule has 4 rings (SSSR count). The summed E-state index contributed by atoms with van der Waals surface area (Å²) in [6.07, 6.45) is 2.26. The van der Waals surface area contributed by atoms with E-state index in [0.29, 0.717) is 24.2 Å². The lowest BCUT2D eigenvalue weighted by Crippen LogP contribution is -2.25. The van der Waals surface area contributed by atoms with Crippen LogP contribution < -0.4 is 5.32 Å². The van der Waals surface area contributed by atoms with Gasteiger partial charge in [-0.1, -0.05) is 54.1 Å². The van der Waals surface area contributed by atoms with Gasteiger partial charge in [0.15, 0.2) is 11.5 Å². The SMILES string of the molecule is Cc1ccc(-n2cc(C(=O)NCCc3ccc(O)c(O)c3)c(-c3ccccc3)n2)cc1. The molecule has 0 saturated heterocycles. The zero-order chi connectivity index (χ0) is 21.8. The van der Waals surface area contributed by atoms with E-state index in [4.69, 9.17) is 0 Å². The Kier molecular flexibility index (Phi) is 5.71. The van der Waals surface area contributed by atoms with Gasteiger partial charge in [0.1, 0.15) is 5.69 Å². The first-order valence-electron chi connectivity index (χ1n) is 10.0. The molecular formula is C25H23N3O3. The summed E-state index contributed by atoms with van der Waals surface area (Å²) in [5.41, 5.74) is 4.80. The quantitative estimate of drug-likeness (QED) is 0.413. The average molecular weight is 413 g/mol. The Balaban J connectivity index is 1.57. The molecule has 0 radical (unpaired) electrons. The lowest BCUT2D eigenvalue weighted by atomic mass is 10.1. The number of hydrogen-bond acceptors (Lipinski definition) is 4. The van der Waals surface area contributed by atoms with E-state index in [0.717, 1.165) is 22.4 Å². The first-order valence-corrected chi connectivity index (χ1v) is 10.0. The van der Waals surface area contributed by atoms with Gasteiger partial charge >= 0.3 is 0 Å². The second kappa shape index (κ2) is 8.75. The van der Waals surface area contributed by atoms with E-state index in [9.17, 15) is 15.0 Å². The van der Waals surface area contributed by atoms with Crippen LogP contribution in [0.4, 0.5) is 0 Å². The third-order valence-electron chi connectivity index (χ3n) is 5.04. The Labute approximate surface area is 180 Å². The summed E-state index contributed by atoms with van der Waals surface area (Å²) >= 11 is 0. The van der Waals surface area contributed by atoms with Crippen molar-refractivity contribution in [3.8, 4) is 28.4 Å². The van der Waals surface area contributed by atoms with E-state index in [1.54, 1.807) is 16.9 Å². The molecule has 1 aromatic heterocycles. The zero-order valence-corrected chi connectivity index (χ0v) is 17.1. The molecule has 156 valence electrons. The summed E-state index contributed by atoms with van der Waals surface area (Å²) in [7, 11) is 0. The van der Waals surface area contributed by atoms with Gasteiger partial charge in [-0.15, -0.1) is 0 Å². The topological polar surface area (TPSA) is 87.4 Å². The Morgan fingerprint density at radius 2 is 1.71 bits per heavy atom. The van der Waals surface area contributed by atoms with Crippen LogP contribution in [0.15, 0.2) is 79.0 Å². The predicted octanol–water partition coefficient (Wildman–Crippen LogP) is 4.23. The number of benzene rings is 3. The summed E-state index contributed by atoms with van der Waals surface area (Å²) < 4.78 is 1.72. The van der Waals surface area contributed by atoms with Crippen molar-refractivity contribution in [1.29, 1.82) is 0 Å². The molecular weight excluding hydrogens is 390 g/mol. The number of aromatic hydroxyl groups is 2. The maximum atomic E-state index is 13.0. The molecule has 0 fully saturated rings. The normalized spacial score (nSPS) is 10.7. The molecule has 0 saturated carbocycles. The number of carbonyl (C=O) groups is 1. The van der Waals surface area contributed by atoms with Gasteiger partial charge in [-0.2, -0.15) is 5.10 Å². The van der Waals surface area contributed by atoms with Crippen LogP contribution in [-0.4, -0.2) is 32.4 Å². The van der Waals surface area contributed by atoms with E-state index in [1.165, 1.54) is 12.1 Å². The van der Waals surface area contributed by atoms with E-state index >= 15 is 0 Å². The maximum absolute atomic E-state index is 13.0. The summed E-state index contributed by atoms with van der Waals surface area (Å²) in [5.74, 6) is -0.557. The fourth-order valence-corrected chi connectivity index (χ4v) is 3.32. The Morgan fingerprint density at radius 1 is 0.968 bits per heavy atom. The van der Waals surface area contributed by atoms with E-state index in [2.05, 4.69) is 10.4 Å². The Morgan fingerprint density at radius 3 is 2.42 bits per heavy atom. The van der Waals surface area contributed by atoms with Crippen molar-refractivity contribution in [2.75, 3.05) is 6.54 Å². The molecule has 6 nitrogen and oxygen atoms in total. The van der Waals surface area contributed by atoms with Gasteiger partial charge in [0.05, 0.1) is 11.3 Å². The number of aryl methyl sites for hydroxylation is 1. The number of phenolic OH excluding ortho intramolecular Hbond substituents is 2. The molecule has 4 aromatic rings. The molecule has 0 spiro atoms. The second-order valence-corrected chi connectivity index (χ2v) is 7.37. The van der Waals surface area contributed by atoms with Gasteiger partial charge in [-0.05, 0) is 43.2 Å². The fourth-order valence-electron chi connectivity index (χ4n) is 3.32. The first kappa shape index (κ1) is 20.2. The third kappa shape index (κ3) is 4.59. The number of nitrogens with zero attached hydrogens (tertiary/aromatic N) is 2. The lowest BCUT2D eigenvalue weighted by molar-refractivity contribution is 0.0954. The second-order valence-electron chi connectivity index (χ2n) is 7.37. The highest BCUT2D eigenvalue weighted by atomic mass is 16.3. The van der Waals surface area contributed by atoms with Gasteiger partial charge in [0, 0.05) is 18.3 Å². The average Bonchev–Trinajstić information content (AvgIpc) is 3.23. The van der Waals surface area contributed by atoms with Crippen LogP contribution in [0, 0.1) is 6.92 Å². The number of amides is 1. The minimum Gasteiger partial charge on any atom is -0.504 e. The minimum atomic E-state index is -0.222. The number of nitrogens with one attached hydrogen (secondary N) is 1. The number of aromatic nitrogens is 2. The van der Waals surface area contributed by atoms with Crippen molar-refractivity contribution in [3.63, 3.8) is 0 Å². The molecule has 0 atom stereocenters. The molecule has 0 bridgehead atoms. The molecule has 0 aliphatic heterocycles. The number of hydrogen-bond donors (Lipinski definition) is 3. The molecule has 0 unspecified atom stereocenters. The molecule has 1 amide bonds. The van der Waals surface area contributed by atoms with Crippen molar-refractivity contribution >= 4 is 5.91 Å². The van der Waals surface area contributed by atoms with Crippen LogP contribution in [0.1, 0.15) is 21.5 Å². The van der Waals surface area contributed by atoms with Crippen molar-refractivity contribution in [3.05, 3.63) is 95.7 Å². The highest BCUT2D eigenvalue weighted by Gasteiger charge is 2.18.